The lowest BCUT2D eigenvalue weighted by atomic mass is 10.00. The number of esters is 1. The Balaban J connectivity index is 1.48. The van der Waals surface area contributed by atoms with E-state index in [2.05, 4.69) is 33.8 Å². The molecule has 1 aliphatic heterocycles. The molecule has 0 spiro atoms. The first-order chi connectivity index (χ1) is 17.0. The Morgan fingerprint density at radius 1 is 0.971 bits per heavy atom. The second kappa shape index (κ2) is 11.8. The van der Waals surface area contributed by atoms with Gasteiger partial charge in [-0.05, 0) is 49.6 Å². The molecule has 0 amide bonds. The first-order valence-electron chi connectivity index (χ1n) is 12.5. The molecule has 1 aliphatic rings. The van der Waals surface area contributed by atoms with Crippen LogP contribution >= 0.6 is 0 Å². The minimum Gasteiger partial charge on any atom is -0.494 e. The molecule has 4 rings (SSSR count). The van der Waals surface area contributed by atoms with Gasteiger partial charge in [0.15, 0.2) is 0 Å². The van der Waals surface area contributed by atoms with Crippen molar-refractivity contribution in [3.8, 4) is 16.9 Å². The number of carbonyl (C=O) groups excluding carboxylic acids is 1. The molecule has 0 aliphatic carbocycles. The zero-order valence-corrected chi connectivity index (χ0v) is 20.9. The van der Waals surface area contributed by atoms with Crippen molar-refractivity contribution in [2.45, 2.75) is 39.8 Å². The lowest BCUT2D eigenvalue weighted by Crippen LogP contribution is -2.46. The van der Waals surface area contributed by atoms with Gasteiger partial charge in [0.05, 0.1) is 12.7 Å². The quantitative estimate of drug-likeness (QED) is 0.387. The standard InChI is InChI=1S/C29H35N3O3/c1-4-20-34-25-12-10-23(11-13-25)21-31-16-18-32(19-17-31)28-27(29(33)35-22(2)3)26(14-15-30-28)24-8-6-5-7-9-24/h5-15,22H,4,16-21H2,1-3H3. The van der Waals surface area contributed by atoms with E-state index in [-0.39, 0.29) is 12.1 Å². The van der Waals surface area contributed by atoms with Crippen LogP contribution < -0.4 is 9.64 Å². The summed E-state index contributed by atoms with van der Waals surface area (Å²) in [7, 11) is 0. The fourth-order valence-electron chi connectivity index (χ4n) is 4.31. The Labute approximate surface area is 208 Å². The number of hydrogen-bond donors (Lipinski definition) is 0. The highest BCUT2D eigenvalue weighted by atomic mass is 16.5. The molecule has 6 nitrogen and oxygen atoms in total. The summed E-state index contributed by atoms with van der Waals surface area (Å²) in [5.74, 6) is 1.30. The lowest BCUT2D eigenvalue weighted by molar-refractivity contribution is 0.0379. The van der Waals surface area contributed by atoms with Gasteiger partial charge in [-0.25, -0.2) is 9.78 Å². The molecule has 2 aromatic carbocycles. The third-order valence-corrected chi connectivity index (χ3v) is 6.04. The molecule has 1 aromatic heterocycles. The van der Waals surface area contributed by atoms with Gasteiger partial charge < -0.3 is 14.4 Å². The Hall–Kier alpha value is -3.38. The van der Waals surface area contributed by atoms with Gasteiger partial charge in [-0.3, -0.25) is 4.90 Å². The van der Waals surface area contributed by atoms with Gasteiger partial charge in [-0.15, -0.1) is 0 Å². The Bertz CT molecular complexity index is 1090. The number of benzene rings is 2. The van der Waals surface area contributed by atoms with Crippen molar-refractivity contribution in [1.29, 1.82) is 0 Å². The van der Waals surface area contributed by atoms with E-state index in [1.807, 2.05) is 62.4 Å². The summed E-state index contributed by atoms with van der Waals surface area (Å²) in [5.41, 5.74) is 3.65. The minimum atomic E-state index is -0.324. The van der Waals surface area contributed by atoms with Crippen LogP contribution in [0, 0.1) is 0 Å². The van der Waals surface area contributed by atoms with Crippen molar-refractivity contribution in [3.05, 3.63) is 78.0 Å². The van der Waals surface area contributed by atoms with E-state index in [9.17, 15) is 4.79 Å². The highest BCUT2D eigenvalue weighted by Crippen LogP contribution is 2.31. The molecule has 0 atom stereocenters. The molecule has 35 heavy (non-hydrogen) atoms. The maximum atomic E-state index is 13.2. The summed E-state index contributed by atoms with van der Waals surface area (Å²) < 4.78 is 11.3. The van der Waals surface area contributed by atoms with Crippen LogP contribution in [0.1, 0.15) is 43.1 Å². The normalized spacial score (nSPS) is 14.2. The Morgan fingerprint density at radius 2 is 1.69 bits per heavy atom. The number of pyridine rings is 1. The van der Waals surface area contributed by atoms with Crippen LogP contribution in [0.2, 0.25) is 0 Å². The fraction of sp³-hybridized carbons (Fsp3) is 0.379. The van der Waals surface area contributed by atoms with Gasteiger partial charge in [0.25, 0.3) is 0 Å². The predicted octanol–water partition coefficient (Wildman–Crippen LogP) is 5.42. The molecule has 0 saturated carbocycles. The number of aromatic nitrogens is 1. The summed E-state index contributed by atoms with van der Waals surface area (Å²) in [5, 5.41) is 0. The van der Waals surface area contributed by atoms with Crippen LogP contribution in [0.15, 0.2) is 66.9 Å². The molecule has 184 valence electrons. The maximum absolute atomic E-state index is 13.2. The maximum Gasteiger partial charge on any atom is 0.342 e. The number of ether oxygens (including phenoxy) is 2. The smallest absolute Gasteiger partial charge is 0.342 e. The zero-order chi connectivity index (χ0) is 24.6. The van der Waals surface area contributed by atoms with E-state index >= 15 is 0 Å². The number of nitrogens with zero attached hydrogens (tertiary/aromatic N) is 3. The second-order valence-corrected chi connectivity index (χ2v) is 9.13. The van der Waals surface area contributed by atoms with Crippen molar-refractivity contribution in [3.63, 3.8) is 0 Å². The molecule has 0 radical (unpaired) electrons. The second-order valence-electron chi connectivity index (χ2n) is 9.13. The largest absolute Gasteiger partial charge is 0.494 e. The van der Waals surface area contributed by atoms with E-state index in [1.54, 1.807) is 6.20 Å². The average Bonchev–Trinajstić information content (AvgIpc) is 2.88. The number of carbonyl (C=O) groups is 1. The van der Waals surface area contributed by atoms with Gasteiger partial charge in [0.2, 0.25) is 0 Å². The summed E-state index contributed by atoms with van der Waals surface area (Å²) in [6.07, 6.45) is 2.60. The van der Waals surface area contributed by atoms with Crippen LogP contribution in [-0.2, 0) is 11.3 Å². The molecule has 0 bridgehead atoms. The summed E-state index contributed by atoms with van der Waals surface area (Å²) >= 11 is 0. The Morgan fingerprint density at radius 3 is 2.34 bits per heavy atom. The van der Waals surface area contributed by atoms with Crippen molar-refractivity contribution in [1.82, 2.24) is 9.88 Å². The van der Waals surface area contributed by atoms with Crippen LogP contribution in [0.5, 0.6) is 5.75 Å². The van der Waals surface area contributed by atoms with Gasteiger partial charge in [0, 0.05) is 44.5 Å². The predicted molar refractivity (Wildman–Crippen MR) is 140 cm³/mol. The van der Waals surface area contributed by atoms with E-state index < -0.39 is 0 Å². The van der Waals surface area contributed by atoms with Crippen molar-refractivity contribution in [2.75, 3.05) is 37.7 Å². The third-order valence-electron chi connectivity index (χ3n) is 6.04. The minimum absolute atomic E-state index is 0.199. The topological polar surface area (TPSA) is 54.9 Å². The molecule has 3 aromatic rings. The number of rotatable bonds is 9. The molecule has 6 heteroatoms. The number of anilines is 1. The SMILES string of the molecule is CCCOc1ccc(CN2CCN(c3nccc(-c4ccccc4)c3C(=O)OC(C)C)CC2)cc1. The zero-order valence-electron chi connectivity index (χ0n) is 20.9. The van der Waals surface area contributed by atoms with E-state index in [0.29, 0.717) is 11.4 Å². The number of hydrogen-bond acceptors (Lipinski definition) is 6. The van der Waals surface area contributed by atoms with Crippen LogP contribution in [0.25, 0.3) is 11.1 Å². The van der Waals surface area contributed by atoms with E-state index in [0.717, 1.165) is 62.6 Å². The van der Waals surface area contributed by atoms with E-state index in [4.69, 9.17) is 9.47 Å². The molecular formula is C29H35N3O3. The lowest BCUT2D eigenvalue weighted by Gasteiger charge is -2.36. The van der Waals surface area contributed by atoms with Crippen LogP contribution in [0.3, 0.4) is 0 Å². The summed E-state index contributed by atoms with van der Waals surface area (Å²) in [6, 6.07) is 20.2. The average molecular weight is 474 g/mol. The van der Waals surface area contributed by atoms with Gasteiger partial charge in [0.1, 0.15) is 17.1 Å². The summed E-state index contributed by atoms with van der Waals surface area (Å²) in [6.45, 7) is 10.9. The fourth-order valence-corrected chi connectivity index (χ4v) is 4.31. The van der Waals surface area contributed by atoms with Crippen molar-refractivity contribution >= 4 is 11.8 Å². The molecule has 2 heterocycles. The number of piperazine rings is 1. The third kappa shape index (κ3) is 6.40. The van der Waals surface area contributed by atoms with E-state index in [1.165, 1.54) is 5.56 Å². The summed E-state index contributed by atoms with van der Waals surface area (Å²) in [4.78, 5) is 22.5. The highest BCUT2D eigenvalue weighted by molar-refractivity contribution is 6.02. The molecule has 0 unspecified atom stereocenters. The van der Waals surface area contributed by atoms with Crippen LogP contribution in [-0.4, -0.2) is 54.7 Å². The first-order valence-corrected chi connectivity index (χ1v) is 12.5. The molecule has 0 N–H and O–H groups in total. The molecule has 1 fully saturated rings. The van der Waals surface area contributed by atoms with Crippen molar-refractivity contribution < 1.29 is 14.3 Å². The monoisotopic (exact) mass is 473 g/mol. The van der Waals surface area contributed by atoms with Crippen LogP contribution in [0.4, 0.5) is 5.82 Å². The van der Waals surface area contributed by atoms with Gasteiger partial charge in [-0.1, -0.05) is 49.4 Å². The van der Waals surface area contributed by atoms with Crippen molar-refractivity contribution in [2.24, 2.45) is 0 Å². The molecular weight excluding hydrogens is 438 g/mol. The molecule has 1 saturated heterocycles. The van der Waals surface area contributed by atoms with Gasteiger partial charge in [-0.2, -0.15) is 0 Å². The van der Waals surface area contributed by atoms with Gasteiger partial charge >= 0.3 is 5.97 Å². The first kappa shape index (κ1) is 24.7. The Kier molecular flexibility index (Phi) is 8.37. The highest BCUT2D eigenvalue weighted by Gasteiger charge is 2.27.